The van der Waals surface area contributed by atoms with Gasteiger partial charge in [0.1, 0.15) is 0 Å². The summed E-state index contributed by atoms with van der Waals surface area (Å²) in [5.41, 5.74) is 2.62. The molecular formula is C16H22N4. The van der Waals surface area contributed by atoms with E-state index < -0.39 is 0 Å². The lowest BCUT2D eigenvalue weighted by atomic mass is 10.1. The molecule has 0 bridgehead atoms. The molecule has 0 N–H and O–H groups in total. The summed E-state index contributed by atoms with van der Waals surface area (Å²) in [6.07, 6.45) is 11.5. The van der Waals surface area contributed by atoms with E-state index in [1.807, 2.05) is 18.6 Å². The van der Waals surface area contributed by atoms with Crippen molar-refractivity contribution in [1.29, 1.82) is 0 Å². The molecule has 0 amide bonds. The Morgan fingerprint density at radius 1 is 1.30 bits per heavy atom. The van der Waals surface area contributed by atoms with Crippen molar-refractivity contribution in [3.8, 4) is 0 Å². The summed E-state index contributed by atoms with van der Waals surface area (Å²) in [4.78, 5) is 6.68. The number of aryl methyl sites for hydroxylation is 1. The molecular weight excluding hydrogens is 248 g/mol. The molecule has 2 aromatic rings. The molecule has 0 aliphatic carbocycles. The average Bonchev–Trinajstić information content (AvgIpc) is 3.07. The molecule has 0 radical (unpaired) electrons. The normalized spacial score (nSPS) is 19.6. The van der Waals surface area contributed by atoms with Gasteiger partial charge in [0.2, 0.25) is 0 Å². The van der Waals surface area contributed by atoms with Crippen LogP contribution in [0.2, 0.25) is 0 Å². The minimum absolute atomic E-state index is 0.635. The van der Waals surface area contributed by atoms with Crippen LogP contribution >= 0.6 is 0 Å². The van der Waals surface area contributed by atoms with Crippen molar-refractivity contribution in [1.82, 2.24) is 19.7 Å². The van der Waals surface area contributed by atoms with Crippen molar-refractivity contribution in [2.45, 2.75) is 38.8 Å². The first-order valence-electron chi connectivity index (χ1n) is 7.43. The Balaban J connectivity index is 1.55. The molecule has 0 aromatic carbocycles. The first-order valence-corrected chi connectivity index (χ1v) is 7.43. The number of hydrogen-bond acceptors (Lipinski definition) is 3. The zero-order chi connectivity index (χ0) is 13.8. The van der Waals surface area contributed by atoms with Gasteiger partial charge in [-0.3, -0.25) is 14.6 Å². The van der Waals surface area contributed by atoms with E-state index in [-0.39, 0.29) is 0 Å². The second kappa shape index (κ2) is 6.18. The van der Waals surface area contributed by atoms with Crippen LogP contribution in [0.3, 0.4) is 0 Å². The van der Waals surface area contributed by atoms with Gasteiger partial charge in [-0.2, -0.15) is 5.10 Å². The summed E-state index contributed by atoms with van der Waals surface area (Å²) >= 11 is 0. The van der Waals surface area contributed by atoms with Crippen molar-refractivity contribution in [3.63, 3.8) is 0 Å². The van der Waals surface area contributed by atoms with Gasteiger partial charge in [0.15, 0.2) is 0 Å². The van der Waals surface area contributed by atoms with E-state index in [1.165, 1.54) is 30.5 Å². The van der Waals surface area contributed by atoms with Crippen LogP contribution in [0.25, 0.3) is 0 Å². The molecule has 4 heteroatoms. The highest BCUT2D eigenvalue weighted by Crippen LogP contribution is 2.19. The maximum Gasteiger partial charge on any atom is 0.0565 e. The summed E-state index contributed by atoms with van der Waals surface area (Å²) in [7, 11) is 0. The molecule has 1 fully saturated rings. The third-order valence-corrected chi connectivity index (χ3v) is 4.10. The first-order chi connectivity index (χ1) is 9.81. The molecule has 0 spiro atoms. The summed E-state index contributed by atoms with van der Waals surface area (Å²) in [5, 5.41) is 4.41. The monoisotopic (exact) mass is 270 g/mol. The molecule has 4 nitrogen and oxygen atoms in total. The Kier molecular flexibility index (Phi) is 4.11. The Hall–Kier alpha value is -1.68. The summed E-state index contributed by atoms with van der Waals surface area (Å²) in [6, 6.07) is 4.86. The van der Waals surface area contributed by atoms with Crippen molar-refractivity contribution >= 4 is 0 Å². The highest BCUT2D eigenvalue weighted by Gasteiger charge is 2.24. The molecule has 3 heterocycles. The summed E-state index contributed by atoms with van der Waals surface area (Å²) in [5.74, 6) is 0. The average molecular weight is 270 g/mol. The standard InChI is InChI=1S/C16H22N4/c1-14-11-18-20(12-14)13-16-3-2-9-19(16)10-6-15-4-7-17-8-5-15/h4-5,7-8,11-12,16H,2-3,6,9-10,13H2,1H3/t16-/m1/s1. The molecule has 1 atom stereocenters. The van der Waals surface area contributed by atoms with Crippen molar-refractivity contribution in [2.24, 2.45) is 0 Å². The Labute approximate surface area is 120 Å². The van der Waals surface area contributed by atoms with Gasteiger partial charge in [-0.25, -0.2) is 0 Å². The van der Waals surface area contributed by atoms with Crippen LogP contribution in [-0.2, 0) is 13.0 Å². The number of rotatable bonds is 5. The minimum Gasteiger partial charge on any atom is -0.298 e. The van der Waals surface area contributed by atoms with Crippen LogP contribution in [0.4, 0.5) is 0 Å². The van der Waals surface area contributed by atoms with E-state index in [9.17, 15) is 0 Å². The molecule has 1 aliphatic rings. The van der Waals surface area contributed by atoms with Gasteiger partial charge in [0, 0.05) is 31.2 Å². The van der Waals surface area contributed by atoms with Crippen LogP contribution in [0, 0.1) is 6.92 Å². The van der Waals surface area contributed by atoms with E-state index in [0.29, 0.717) is 6.04 Å². The topological polar surface area (TPSA) is 34.0 Å². The Morgan fingerprint density at radius 2 is 2.15 bits per heavy atom. The zero-order valence-electron chi connectivity index (χ0n) is 12.1. The number of hydrogen-bond donors (Lipinski definition) is 0. The van der Waals surface area contributed by atoms with E-state index in [1.54, 1.807) is 0 Å². The molecule has 1 aliphatic heterocycles. The van der Waals surface area contributed by atoms with Crippen LogP contribution < -0.4 is 0 Å². The van der Waals surface area contributed by atoms with Gasteiger partial charge < -0.3 is 0 Å². The minimum atomic E-state index is 0.635. The predicted molar refractivity (Wildman–Crippen MR) is 79.5 cm³/mol. The maximum atomic E-state index is 4.41. The van der Waals surface area contributed by atoms with Gasteiger partial charge in [-0.1, -0.05) is 0 Å². The molecule has 0 unspecified atom stereocenters. The SMILES string of the molecule is Cc1cnn(C[C@H]2CCCN2CCc2ccncc2)c1. The summed E-state index contributed by atoms with van der Waals surface area (Å²) in [6.45, 7) is 5.47. The number of aromatic nitrogens is 3. The third kappa shape index (κ3) is 3.25. The van der Waals surface area contributed by atoms with E-state index in [0.717, 1.165) is 19.5 Å². The fourth-order valence-corrected chi connectivity index (χ4v) is 3.00. The Morgan fingerprint density at radius 3 is 2.90 bits per heavy atom. The number of likely N-dealkylation sites (tertiary alicyclic amines) is 1. The van der Waals surface area contributed by atoms with Gasteiger partial charge in [-0.15, -0.1) is 0 Å². The molecule has 20 heavy (non-hydrogen) atoms. The highest BCUT2D eigenvalue weighted by molar-refractivity contribution is 5.10. The van der Waals surface area contributed by atoms with Crippen molar-refractivity contribution < 1.29 is 0 Å². The third-order valence-electron chi connectivity index (χ3n) is 4.10. The lowest BCUT2D eigenvalue weighted by molar-refractivity contribution is 0.229. The first kappa shape index (κ1) is 13.3. The summed E-state index contributed by atoms with van der Waals surface area (Å²) < 4.78 is 2.09. The lowest BCUT2D eigenvalue weighted by Gasteiger charge is -2.24. The van der Waals surface area contributed by atoms with Crippen molar-refractivity contribution in [2.75, 3.05) is 13.1 Å². The highest BCUT2D eigenvalue weighted by atomic mass is 15.3. The maximum absolute atomic E-state index is 4.41. The van der Waals surface area contributed by atoms with E-state index in [2.05, 4.69) is 44.9 Å². The number of nitrogens with zero attached hydrogens (tertiary/aromatic N) is 4. The quantitative estimate of drug-likeness (QED) is 0.836. The van der Waals surface area contributed by atoms with Crippen LogP contribution in [0.1, 0.15) is 24.0 Å². The molecule has 2 aromatic heterocycles. The smallest absolute Gasteiger partial charge is 0.0565 e. The van der Waals surface area contributed by atoms with Crippen LogP contribution in [-0.4, -0.2) is 38.8 Å². The van der Waals surface area contributed by atoms with E-state index in [4.69, 9.17) is 0 Å². The number of pyridine rings is 1. The van der Waals surface area contributed by atoms with E-state index >= 15 is 0 Å². The van der Waals surface area contributed by atoms with Gasteiger partial charge >= 0.3 is 0 Å². The lowest BCUT2D eigenvalue weighted by Crippen LogP contribution is -2.34. The van der Waals surface area contributed by atoms with Gasteiger partial charge in [0.05, 0.1) is 12.7 Å². The fourth-order valence-electron chi connectivity index (χ4n) is 3.00. The van der Waals surface area contributed by atoms with Gasteiger partial charge in [0.25, 0.3) is 0 Å². The van der Waals surface area contributed by atoms with Crippen molar-refractivity contribution in [3.05, 3.63) is 48.0 Å². The molecule has 1 saturated heterocycles. The van der Waals surface area contributed by atoms with Crippen LogP contribution in [0.15, 0.2) is 36.9 Å². The fraction of sp³-hybridized carbons (Fsp3) is 0.500. The predicted octanol–water partition coefficient (Wildman–Crippen LogP) is 2.29. The molecule has 0 saturated carbocycles. The Bertz CT molecular complexity index is 534. The second-order valence-corrected chi connectivity index (χ2v) is 5.68. The zero-order valence-corrected chi connectivity index (χ0v) is 12.1. The molecule has 3 rings (SSSR count). The largest absolute Gasteiger partial charge is 0.298 e. The second-order valence-electron chi connectivity index (χ2n) is 5.68. The van der Waals surface area contributed by atoms with Gasteiger partial charge in [-0.05, 0) is 56.0 Å². The molecule has 106 valence electrons. The van der Waals surface area contributed by atoms with Crippen LogP contribution in [0.5, 0.6) is 0 Å².